The lowest BCUT2D eigenvalue weighted by atomic mass is 10.0. The summed E-state index contributed by atoms with van der Waals surface area (Å²) in [6.07, 6.45) is 0. The lowest BCUT2D eigenvalue weighted by Crippen LogP contribution is -1.94. The van der Waals surface area contributed by atoms with E-state index in [1.165, 1.54) is 10.4 Å². The Labute approximate surface area is 135 Å². The standard InChI is InChI=1S/C16H12BrClOS/c1-19-14-8-9-20-16(14)15(17)12-6-7-13(18)11-5-3-2-4-10(11)12/h2-9,15H,1H3. The van der Waals surface area contributed by atoms with Crippen LogP contribution < -0.4 is 4.74 Å². The van der Waals surface area contributed by atoms with E-state index in [9.17, 15) is 0 Å². The van der Waals surface area contributed by atoms with Gasteiger partial charge in [0.1, 0.15) is 5.75 Å². The zero-order valence-electron chi connectivity index (χ0n) is 10.8. The van der Waals surface area contributed by atoms with Crippen LogP contribution in [0, 0.1) is 0 Å². The van der Waals surface area contributed by atoms with E-state index in [0.717, 1.165) is 21.5 Å². The fraction of sp³-hybridized carbons (Fsp3) is 0.125. The molecule has 2 aromatic carbocycles. The van der Waals surface area contributed by atoms with Crippen LogP contribution in [0.3, 0.4) is 0 Å². The van der Waals surface area contributed by atoms with Crippen LogP contribution in [0.5, 0.6) is 5.75 Å². The summed E-state index contributed by atoms with van der Waals surface area (Å²) in [5.74, 6) is 0.913. The molecule has 1 nitrogen and oxygen atoms in total. The van der Waals surface area contributed by atoms with Gasteiger partial charge in [-0.05, 0) is 28.5 Å². The second-order valence-electron chi connectivity index (χ2n) is 4.40. The molecule has 0 N–H and O–H groups in total. The predicted octanol–water partition coefficient (Wildman–Crippen LogP) is 6.05. The van der Waals surface area contributed by atoms with Crippen molar-refractivity contribution in [1.82, 2.24) is 0 Å². The predicted molar refractivity (Wildman–Crippen MR) is 90.6 cm³/mol. The summed E-state index contributed by atoms with van der Waals surface area (Å²) in [6.45, 7) is 0. The lowest BCUT2D eigenvalue weighted by molar-refractivity contribution is 0.413. The Morgan fingerprint density at radius 2 is 1.85 bits per heavy atom. The molecule has 0 saturated carbocycles. The van der Waals surface area contributed by atoms with Crippen molar-refractivity contribution in [3.8, 4) is 5.75 Å². The minimum Gasteiger partial charge on any atom is -0.496 e. The van der Waals surface area contributed by atoms with Gasteiger partial charge in [0, 0.05) is 10.4 Å². The SMILES string of the molecule is COc1ccsc1C(Br)c1ccc(Cl)c2ccccc12. The van der Waals surface area contributed by atoms with Crippen LogP contribution in [0.25, 0.3) is 10.8 Å². The van der Waals surface area contributed by atoms with Crippen LogP contribution in [0.15, 0.2) is 47.8 Å². The van der Waals surface area contributed by atoms with E-state index in [-0.39, 0.29) is 4.83 Å². The maximum atomic E-state index is 6.28. The highest BCUT2D eigenvalue weighted by Crippen LogP contribution is 2.43. The maximum absolute atomic E-state index is 6.28. The highest BCUT2D eigenvalue weighted by Gasteiger charge is 2.19. The summed E-state index contributed by atoms with van der Waals surface area (Å²) in [5, 5.41) is 5.06. The van der Waals surface area contributed by atoms with E-state index in [1.807, 2.05) is 35.7 Å². The van der Waals surface area contributed by atoms with Gasteiger partial charge >= 0.3 is 0 Å². The number of halogens is 2. The Morgan fingerprint density at radius 3 is 2.60 bits per heavy atom. The zero-order valence-corrected chi connectivity index (χ0v) is 13.9. The van der Waals surface area contributed by atoms with Gasteiger partial charge < -0.3 is 4.74 Å². The Balaban J connectivity index is 2.17. The summed E-state index contributed by atoms with van der Waals surface area (Å²) in [7, 11) is 1.70. The van der Waals surface area contributed by atoms with Gasteiger partial charge in [-0.25, -0.2) is 0 Å². The van der Waals surface area contributed by atoms with Crippen LogP contribution in [0.4, 0.5) is 0 Å². The van der Waals surface area contributed by atoms with Crippen molar-refractivity contribution in [2.45, 2.75) is 4.83 Å². The Morgan fingerprint density at radius 1 is 1.10 bits per heavy atom. The molecule has 1 unspecified atom stereocenters. The third-order valence-corrected chi connectivity index (χ3v) is 5.83. The van der Waals surface area contributed by atoms with Crippen LogP contribution in [-0.4, -0.2) is 7.11 Å². The van der Waals surface area contributed by atoms with Crippen molar-refractivity contribution < 1.29 is 4.74 Å². The third-order valence-electron chi connectivity index (χ3n) is 3.29. The molecule has 0 spiro atoms. The number of thiophene rings is 1. The fourth-order valence-electron chi connectivity index (χ4n) is 2.31. The normalized spacial score (nSPS) is 12.6. The molecule has 0 bridgehead atoms. The molecule has 0 amide bonds. The fourth-order valence-corrected chi connectivity index (χ4v) is 4.34. The number of hydrogen-bond acceptors (Lipinski definition) is 2. The first kappa shape index (κ1) is 13.9. The minimum atomic E-state index is 0.0969. The first-order valence-electron chi connectivity index (χ1n) is 6.15. The molecule has 0 aliphatic rings. The van der Waals surface area contributed by atoms with Crippen molar-refractivity contribution in [2.75, 3.05) is 7.11 Å². The van der Waals surface area contributed by atoms with Gasteiger partial charge in [-0.2, -0.15) is 0 Å². The summed E-state index contributed by atoms with van der Waals surface area (Å²) in [6, 6.07) is 14.2. The number of hydrogen-bond donors (Lipinski definition) is 0. The molecule has 20 heavy (non-hydrogen) atoms. The van der Waals surface area contributed by atoms with Crippen LogP contribution in [0.2, 0.25) is 5.02 Å². The van der Waals surface area contributed by atoms with Crippen molar-refractivity contribution in [2.24, 2.45) is 0 Å². The van der Waals surface area contributed by atoms with E-state index in [1.54, 1.807) is 18.4 Å². The molecular formula is C16H12BrClOS. The summed E-state index contributed by atoms with van der Waals surface area (Å²) >= 11 is 11.8. The van der Waals surface area contributed by atoms with Gasteiger partial charge in [0.15, 0.2) is 0 Å². The molecule has 1 atom stereocenters. The third kappa shape index (κ3) is 2.34. The minimum absolute atomic E-state index is 0.0969. The van der Waals surface area contributed by atoms with Crippen molar-refractivity contribution in [3.05, 3.63) is 63.3 Å². The molecule has 0 fully saturated rings. The van der Waals surface area contributed by atoms with E-state index >= 15 is 0 Å². The second kappa shape index (κ2) is 5.76. The first-order chi connectivity index (χ1) is 9.72. The molecule has 0 aliphatic carbocycles. The largest absolute Gasteiger partial charge is 0.496 e. The molecule has 0 saturated heterocycles. The Bertz CT molecular complexity index is 753. The molecule has 0 aliphatic heterocycles. The van der Waals surface area contributed by atoms with Crippen molar-refractivity contribution >= 4 is 49.6 Å². The van der Waals surface area contributed by atoms with Gasteiger partial charge in [0.05, 0.1) is 16.8 Å². The average Bonchev–Trinajstić information content (AvgIpc) is 2.96. The van der Waals surface area contributed by atoms with Gasteiger partial charge in [0.2, 0.25) is 0 Å². The zero-order chi connectivity index (χ0) is 14.1. The molecule has 3 rings (SSSR count). The quantitative estimate of drug-likeness (QED) is 0.512. The van der Waals surface area contributed by atoms with E-state index in [0.29, 0.717) is 0 Å². The average molecular weight is 368 g/mol. The number of rotatable bonds is 3. The summed E-state index contributed by atoms with van der Waals surface area (Å²) < 4.78 is 5.42. The van der Waals surface area contributed by atoms with Gasteiger partial charge in [0.25, 0.3) is 0 Å². The smallest absolute Gasteiger partial charge is 0.134 e. The number of fused-ring (bicyclic) bond motifs is 1. The van der Waals surface area contributed by atoms with Crippen LogP contribution in [-0.2, 0) is 0 Å². The molecule has 0 radical (unpaired) electrons. The van der Waals surface area contributed by atoms with Gasteiger partial charge in [-0.1, -0.05) is 57.9 Å². The number of ether oxygens (including phenoxy) is 1. The topological polar surface area (TPSA) is 9.23 Å². The van der Waals surface area contributed by atoms with E-state index in [2.05, 4.69) is 28.1 Å². The Kier molecular flexibility index (Phi) is 4.01. The summed E-state index contributed by atoms with van der Waals surface area (Å²) in [5.41, 5.74) is 1.20. The number of benzene rings is 2. The van der Waals surface area contributed by atoms with Crippen molar-refractivity contribution in [1.29, 1.82) is 0 Å². The highest BCUT2D eigenvalue weighted by atomic mass is 79.9. The lowest BCUT2D eigenvalue weighted by Gasteiger charge is -2.14. The monoisotopic (exact) mass is 366 g/mol. The molecule has 3 aromatic rings. The number of methoxy groups -OCH3 is 1. The van der Waals surface area contributed by atoms with Crippen LogP contribution >= 0.6 is 38.9 Å². The molecule has 1 aromatic heterocycles. The molecular weight excluding hydrogens is 356 g/mol. The van der Waals surface area contributed by atoms with E-state index < -0.39 is 0 Å². The highest BCUT2D eigenvalue weighted by molar-refractivity contribution is 9.09. The maximum Gasteiger partial charge on any atom is 0.134 e. The number of alkyl halides is 1. The Hall–Kier alpha value is -1.03. The molecule has 4 heteroatoms. The second-order valence-corrected chi connectivity index (χ2v) is 6.67. The van der Waals surface area contributed by atoms with Gasteiger partial charge in [-0.15, -0.1) is 11.3 Å². The van der Waals surface area contributed by atoms with Crippen molar-refractivity contribution in [3.63, 3.8) is 0 Å². The summed E-state index contributed by atoms with van der Waals surface area (Å²) in [4.78, 5) is 1.26. The first-order valence-corrected chi connectivity index (χ1v) is 8.32. The molecule has 102 valence electrons. The molecule has 1 heterocycles. The van der Waals surface area contributed by atoms with Gasteiger partial charge in [-0.3, -0.25) is 0 Å². The van der Waals surface area contributed by atoms with E-state index in [4.69, 9.17) is 16.3 Å². The van der Waals surface area contributed by atoms with Crippen LogP contribution in [0.1, 0.15) is 15.3 Å².